The molecule has 14 rings (SSSR count). The van der Waals surface area contributed by atoms with Gasteiger partial charge in [0.25, 0.3) is 0 Å². The molecule has 2 aliphatic rings. The van der Waals surface area contributed by atoms with Gasteiger partial charge < -0.3 is 10.2 Å². The Labute approximate surface area is 427 Å². The SMILES string of the molecule is Cc1ccc(-c2ccc(N(c3ccc(-c4ccc5c6ccc(-c7ccc(Nc8cccc(-c9ccc%10c(c9)CC%10)c8)cc7)cc6c6ccccc6c5c4)cc3)c3cccc(-c4ccc5c(c4)CC5)c3)cc2)cc1. The molecular weight excluding hydrogens is 881 g/mol. The van der Waals surface area contributed by atoms with E-state index >= 15 is 0 Å². The molecule has 0 unspecified atom stereocenters. The third kappa shape index (κ3) is 7.93. The van der Waals surface area contributed by atoms with Gasteiger partial charge in [-0.15, -0.1) is 0 Å². The highest BCUT2D eigenvalue weighted by molar-refractivity contribution is 6.26. The summed E-state index contributed by atoms with van der Waals surface area (Å²) in [6.07, 6.45) is 4.76. The summed E-state index contributed by atoms with van der Waals surface area (Å²) in [4.78, 5) is 2.39. The molecule has 12 aromatic carbocycles. The highest BCUT2D eigenvalue weighted by Gasteiger charge is 2.19. The fourth-order valence-corrected chi connectivity index (χ4v) is 11.4. The molecule has 0 saturated heterocycles. The van der Waals surface area contributed by atoms with Crippen molar-refractivity contribution in [1.82, 2.24) is 0 Å². The van der Waals surface area contributed by atoms with Crippen molar-refractivity contribution in [3.63, 3.8) is 0 Å². The summed E-state index contributed by atoms with van der Waals surface area (Å²) < 4.78 is 0. The Balaban J connectivity index is 0.769. The van der Waals surface area contributed by atoms with Crippen LogP contribution in [0.4, 0.5) is 28.4 Å². The van der Waals surface area contributed by atoms with Gasteiger partial charge in [0.15, 0.2) is 0 Å². The monoisotopic (exact) mass is 932 g/mol. The van der Waals surface area contributed by atoms with Crippen molar-refractivity contribution in [1.29, 1.82) is 0 Å². The number of benzene rings is 12. The second-order valence-electron chi connectivity index (χ2n) is 20.2. The van der Waals surface area contributed by atoms with E-state index in [4.69, 9.17) is 0 Å². The first-order valence-corrected chi connectivity index (χ1v) is 25.8. The minimum absolute atomic E-state index is 1.07. The molecule has 0 radical (unpaired) electrons. The van der Waals surface area contributed by atoms with Crippen molar-refractivity contribution in [2.24, 2.45) is 0 Å². The largest absolute Gasteiger partial charge is 0.356 e. The molecule has 2 nitrogen and oxygen atoms in total. The molecule has 0 aromatic heterocycles. The van der Waals surface area contributed by atoms with Crippen molar-refractivity contribution in [2.75, 3.05) is 10.2 Å². The maximum Gasteiger partial charge on any atom is 0.0467 e. The lowest BCUT2D eigenvalue weighted by Crippen LogP contribution is -2.10. The normalized spacial score (nSPS) is 12.5. The molecule has 0 amide bonds. The fraction of sp³-hybridized carbons (Fsp3) is 0.0704. The summed E-state index contributed by atoms with van der Waals surface area (Å²) in [6, 6.07) is 90.3. The molecular formula is C71H52N2. The van der Waals surface area contributed by atoms with E-state index in [0.717, 1.165) is 28.4 Å². The molecule has 2 aliphatic carbocycles. The van der Waals surface area contributed by atoms with E-state index in [1.807, 2.05) is 0 Å². The van der Waals surface area contributed by atoms with Crippen LogP contribution in [0.5, 0.6) is 0 Å². The van der Waals surface area contributed by atoms with Gasteiger partial charge >= 0.3 is 0 Å². The van der Waals surface area contributed by atoms with Crippen LogP contribution in [0.1, 0.15) is 27.8 Å². The Bertz CT molecular complexity index is 4070. The van der Waals surface area contributed by atoms with Crippen LogP contribution < -0.4 is 10.2 Å². The summed E-state index contributed by atoms with van der Waals surface area (Å²) in [5.41, 5.74) is 25.0. The Kier molecular flexibility index (Phi) is 10.4. The molecule has 1 N–H and O–H groups in total. The van der Waals surface area contributed by atoms with Gasteiger partial charge in [0, 0.05) is 28.4 Å². The third-order valence-corrected chi connectivity index (χ3v) is 15.7. The van der Waals surface area contributed by atoms with E-state index in [-0.39, 0.29) is 0 Å². The molecule has 346 valence electrons. The van der Waals surface area contributed by atoms with Gasteiger partial charge in [-0.2, -0.15) is 0 Å². The molecule has 0 fully saturated rings. The number of hydrogen-bond acceptors (Lipinski definition) is 2. The molecule has 12 aromatic rings. The molecule has 0 bridgehead atoms. The summed E-state index contributed by atoms with van der Waals surface area (Å²) >= 11 is 0. The summed E-state index contributed by atoms with van der Waals surface area (Å²) in [7, 11) is 0. The summed E-state index contributed by atoms with van der Waals surface area (Å²) in [6.45, 7) is 2.14. The van der Waals surface area contributed by atoms with E-state index < -0.39 is 0 Å². The van der Waals surface area contributed by atoms with Gasteiger partial charge in [-0.25, -0.2) is 0 Å². The number of fused-ring (bicyclic) bond motifs is 8. The molecule has 73 heavy (non-hydrogen) atoms. The molecule has 0 heterocycles. The maximum absolute atomic E-state index is 3.66. The first-order valence-electron chi connectivity index (χ1n) is 25.8. The van der Waals surface area contributed by atoms with E-state index in [9.17, 15) is 0 Å². The zero-order valence-corrected chi connectivity index (χ0v) is 40.9. The number of anilines is 5. The molecule has 2 heteroatoms. The molecule has 0 saturated carbocycles. The van der Waals surface area contributed by atoms with Crippen molar-refractivity contribution in [3.8, 4) is 55.6 Å². The number of rotatable bonds is 10. The highest BCUT2D eigenvalue weighted by Crippen LogP contribution is 2.42. The van der Waals surface area contributed by atoms with Gasteiger partial charge in [0.05, 0.1) is 0 Å². The van der Waals surface area contributed by atoms with Crippen LogP contribution >= 0.6 is 0 Å². The maximum atomic E-state index is 3.66. The predicted octanol–water partition coefficient (Wildman–Crippen LogP) is 19.2. The number of nitrogens with one attached hydrogen (secondary N) is 1. The first-order chi connectivity index (χ1) is 36.0. The average Bonchev–Trinajstić information content (AvgIpc) is 3.43. The predicted molar refractivity (Wildman–Crippen MR) is 310 cm³/mol. The van der Waals surface area contributed by atoms with Gasteiger partial charge in [0.2, 0.25) is 0 Å². The number of aryl methyl sites for hydroxylation is 5. The van der Waals surface area contributed by atoms with Gasteiger partial charge in [0.1, 0.15) is 0 Å². The van der Waals surface area contributed by atoms with Crippen molar-refractivity contribution >= 4 is 60.8 Å². The van der Waals surface area contributed by atoms with Crippen LogP contribution in [0.3, 0.4) is 0 Å². The van der Waals surface area contributed by atoms with Crippen molar-refractivity contribution < 1.29 is 0 Å². The van der Waals surface area contributed by atoms with Crippen molar-refractivity contribution in [3.05, 3.63) is 270 Å². The zero-order chi connectivity index (χ0) is 48.4. The number of hydrogen-bond donors (Lipinski definition) is 1. The van der Waals surface area contributed by atoms with E-state index in [1.54, 1.807) is 0 Å². The lowest BCUT2D eigenvalue weighted by atomic mass is 9.86. The highest BCUT2D eigenvalue weighted by atomic mass is 15.1. The average molecular weight is 933 g/mol. The molecule has 0 atom stereocenters. The minimum atomic E-state index is 1.07. The Morgan fingerprint density at radius 1 is 0.260 bits per heavy atom. The van der Waals surface area contributed by atoms with Crippen LogP contribution in [0.2, 0.25) is 0 Å². The van der Waals surface area contributed by atoms with Crippen LogP contribution in [0.25, 0.3) is 88.0 Å². The van der Waals surface area contributed by atoms with Gasteiger partial charge in [-0.05, 0) is 216 Å². The van der Waals surface area contributed by atoms with E-state index in [2.05, 4.69) is 260 Å². The first kappa shape index (κ1) is 42.9. The van der Waals surface area contributed by atoms with Crippen LogP contribution in [0.15, 0.2) is 243 Å². The Morgan fingerprint density at radius 2 is 0.671 bits per heavy atom. The van der Waals surface area contributed by atoms with Gasteiger partial charge in [-0.1, -0.05) is 175 Å². The second-order valence-corrected chi connectivity index (χ2v) is 20.2. The van der Waals surface area contributed by atoms with E-state index in [0.29, 0.717) is 0 Å². The van der Waals surface area contributed by atoms with Gasteiger partial charge in [-0.3, -0.25) is 0 Å². The molecule has 0 aliphatic heterocycles. The summed E-state index contributed by atoms with van der Waals surface area (Å²) in [5, 5.41) is 11.2. The quantitative estimate of drug-likeness (QED) is 0.138. The fourth-order valence-electron chi connectivity index (χ4n) is 11.4. The lowest BCUT2D eigenvalue weighted by Gasteiger charge is -2.27. The summed E-state index contributed by atoms with van der Waals surface area (Å²) in [5.74, 6) is 0. The standard InChI is InChI=1S/C71H52N2/c1-46-12-14-47(15-13-46)48-26-34-63(35-27-48)73(65-9-5-7-54(43-65)58-23-19-50-17-21-56(50)41-58)64-36-28-52(29-37-64)60-31-39-69-68-38-30-59(44-70(68)66-10-2-3-11-67(66)71(69)45-60)51-24-32-61(33-25-51)72-62-8-4-6-53(42-62)57-22-18-49-16-20-55(49)40-57/h2-15,18-19,22-45,72H,16-17,20-21H2,1H3. The third-order valence-electron chi connectivity index (χ3n) is 15.7. The smallest absolute Gasteiger partial charge is 0.0467 e. The lowest BCUT2D eigenvalue weighted by molar-refractivity contribution is 0.840. The zero-order valence-electron chi connectivity index (χ0n) is 40.9. The van der Waals surface area contributed by atoms with Crippen molar-refractivity contribution in [2.45, 2.75) is 32.6 Å². The van der Waals surface area contributed by atoms with Crippen LogP contribution in [0, 0.1) is 6.92 Å². The topological polar surface area (TPSA) is 15.3 Å². The van der Waals surface area contributed by atoms with Crippen LogP contribution in [-0.2, 0) is 25.7 Å². The Hall–Kier alpha value is -8.98. The Morgan fingerprint density at radius 3 is 1.19 bits per heavy atom. The van der Waals surface area contributed by atoms with Crippen LogP contribution in [-0.4, -0.2) is 0 Å². The molecule has 0 spiro atoms. The van der Waals surface area contributed by atoms with E-state index in [1.165, 1.54) is 141 Å². The minimum Gasteiger partial charge on any atom is -0.356 e. The number of nitrogens with zero attached hydrogens (tertiary/aromatic N) is 1. The second kappa shape index (κ2) is 17.7.